The molecule has 1 saturated heterocycles. The van der Waals surface area contributed by atoms with Crippen LogP contribution >= 0.6 is 23.2 Å². The third-order valence-corrected chi connectivity index (χ3v) is 6.22. The highest BCUT2D eigenvalue weighted by atomic mass is 35.5. The van der Waals surface area contributed by atoms with Crippen molar-refractivity contribution in [1.29, 1.82) is 0 Å². The van der Waals surface area contributed by atoms with E-state index in [1.807, 2.05) is 0 Å². The lowest BCUT2D eigenvalue weighted by Crippen LogP contribution is -2.31. The van der Waals surface area contributed by atoms with Gasteiger partial charge >= 0.3 is 0 Å². The molecule has 0 aliphatic carbocycles. The number of aliphatic hydroxyl groups excluding tert-OH is 1. The summed E-state index contributed by atoms with van der Waals surface area (Å²) in [6, 6.07) is 4.78. The van der Waals surface area contributed by atoms with E-state index in [-0.39, 0.29) is 50.7 Å². The summed E-state index contributed by atoms with van der Waals surface area (Å²) in [6.07, 6.45) is 0.436. The highest BCUT2D eigenvalue weighted by molar-refractivity contribution is 6.47. The molecular weight excluding hydrogens is 501 g/mol. The van der Waals surface area contributed by atoms with Gasteiger partial charge in [0, 0.05) is 20.3 Å². The molecule has 2 aromatic rings. The van der Waals surface area contributed by atoms with Gasteiger partial charge in [-0.3, -0.25) is 9.59 Å². The first-order valence-electron chi connectivity index (χ1n) is 10.5. The first-order valence-corrected chi connectivity index (χ1v) is 11.2. The number of phenolic OH excluding ortho intramolecular Hbond substituents is 1. The number of nitrogens with zero attached hydrogens (tertiary/aromatic N) is 1. The molecule has 1 unspecified atom stereocenters. The Hall–Kier alpha value is -3.14. The first-order chi connectivity index (χ1) is 16.7. The van der Waals surface area contributed by atoms with Crippen molar-refractivity contribution in [3.05, 3.63) is 51.0 Å². The molecule has 3 rings (SSSR count). The van der Waals surface area contributed by atoms with E-state index < -0.39 is 23.5 Å². The number of amides is 1. The summed E-state index contributed by atoms with van der Waals surface area (Å²) in [5.41, 5.74) is 0.166. The fourth-order valence-corrected chi connectivity index (χ4v) is 4.69. The third kappa shape index (κ3) is 4.84. The Balaban J connectivity index is 2.27. The number of rotatable bonds is 9. The molecule has 1 fully saturated rings. The van der Waals surface area contributed by atoms with Gasteiger partial charge in [-0.1, -0.05) is 29.3 Å². The van der Waals surface area contributed by atoms with Crippen LogP contribution in [-0.2, 0) is 14.3 Å². The van der Waals surface area contributed by atoms with Crippen molar-refractivity contribution in [3.63, 3.8) is 0 Å². The van der Waals surface area contributed by atoms with E-state index in [0.717, 1.165) is 0 Å². The SMILES string of the molecule is COCCCN1C(=O)C(=O)/C(=C(/O)c2cc(Cl)c(OC)c(Cl)c2OC)C1c1ccc(OC)c(O)c1. The third-order valence-electron chi connectivity index (χ3n) is 5.60. The minimum Gasteiger partial charge on any atom is -0.507 e. The van der Waals surface area contributed by atoms with Crippen LogP contribution in [0.3, 0.4) is 0 Å². The van der Waals surface area contributed by atoms with Crippen LogP contribution in [0.5, 0.6) is 23.0 Å². The number of aliphatic hydroxyl groups is 1. The molecule has 0 radical (unpaired) electrons. The fraction of sp³-hybridized carbons (Fsp3) is 0.333. The van der Waals surface area contributed by atoms with Crippen LogP contribution in [-0.4, -0.2) is 68.4 Å². The second kappa shape index (κ2) is 11.1. The summed E-state index contributed by atoms with van der Waals surface area (Å²) in [6.45, 7) is 0.509. The van der Waals surface area contributed by atoms with Gasteiger partial charge in [0.2, 0.25) is 0 Å². The molecule has 0 bridgehead atoms. The zero-order valence-corrected chi connectivity index (χ0v) is 21.1. The summed E-state index contributed by atoms with van der Waals surface area (Å²) < 4.78 is 20.7. The largest absolute Gasteiger partial charge is 0.507 e. The molecule has 9 nitrogen and oxygen atoms in total. The van der Waals surface area contributed by atoms with Gasteiger partial charge in [0.15, 0.2) is 23.0 Å². The van der Waals surface area contributed by atoms with Crippen LogP contribution < -0.4 is 14.2 Å². The number of ether oxygens (including phenoxy) is 4. The second-order valence-electron chi connectivity index (χ2n) is 7.56. The average Bonchev–Trinajstić information content (AvgIpc) is 3.08. The number of carbonyl (C=O) groups is 2. The van der Waals surface area contributed by atoms with E-state index in [0.29, 0.717) is 18.6 Å². The summed E-state index contributed by atoms with van der Waals surface area (Å²) in [4.78, 5) is 27.5. The summed E-state index contributed by atoms with van der Waals surface area (Å²) in [5.74, 6) is -2.12. The number of hydrogen-bond acceptors (Lipinski definition) is 8. The van der Waals surface area contributed by atoms with E-state index >= 15 is 0 Å². The standard InChI is InChI=1S/C24H25Cl2NO8/c1-32-9-5-8-27-19(12-6-7-16(33-2)15(28)10-12)17(21(30)24(27)31)20(29)13-11-14(25)23(35-4)18(26)22(13)34-3/h6-7,10-11,19,28-29H,5,8-9H2,1-4H3/b20-17+. The topological polar surface area (TPSA) is 115 Å². The minimum atomic E-state index is -1.02. The smallest absolute Gasteiger partial charge is 0.295 e. The maximum atomic E-state index is 13.2. The molecule has 1 amide bonds. The Morgan fingerprint density at radius 2 is 1.71 bits per heavy atom. The van der Waals surface area contributed by atoms with Crippen molar-refractivity contribution >= 4 is 40.7 Å². The summed E-state index contributed by atoms with van der Waals surface area (Å²) >= 11 is 12.6. The van der Waals surface area contributed by atoms with Crippen molar-refractivity contribution in [2.75, 3.05) is 41.6 Å². The van der Waals surface area contributed by atoms with Crippen molar-refractivity contribution in [3.8, 4) is 23.0 Å². The van der Waals surface area contributed by atoms with Gasteiger partial charge in [-0.05, 0) is 30.2 Å². The number of benzene rings is 2. The highest BCUT2D eigenvalue weighted by Gasteiger charge is 2.46. The molecule has 188 valence electrons. The first kappa shape index (κ1) is 26.5. The lowest BCUT2D eigenvalue weighted by Gasteiger charge is -2.26. The van der Waals surface area contributed by atoms with Gasteiger partial charge in [0.05, 0.1) is 43.5 Å². The fourth-order valence-electron chi connectivity index (χ4n) is 4.01. The van der Waals surface area contributed by atoms with Crippen LogP contribution in [0.25, 0.3) is 5.76 Å². The van der Waals surface area contributed by atoms with Gasteiger partial charge in [0.1, 0.15) is 10.8 Å². The van der Waals surface area contributed by atoms with Crippen LogP contribution in [0.2, 0.25) is 10.0 Å². The van der Waals surface area contributed by atoms with E-state index in [1.54, 1.807) is 6.07 Å². The lowest BCUT2D eigenvalue weighted by atomic mass is 9.94. The predicted molar refractivity (Wildman–Crippen MR) is 130 cm³/mol. The van der Waals surface area contributed by atoms with Crippen LogP contribution in [0.4, 0.5) is 0 Å². The normalized spacial score (nSPS) is 17.1. The molecule has 1 atom stereocenters. The van der Waals surface area contributed by atoms with Gasteiger partial charge in [0.25, 0.3) is 11.7 Å². The molecule has 0 saturated carbocycles. The molecule has 2 N–H and O–H groups in total. The molecular formula is C24H25Cl2NO8. The van der Waals surface area contributed by atoms with Crippen LogP contribution in [0.15, 0.2) is 29.8 Å². The quantitative estimate of drug-likeness (QED) is 0.217. The van der Waals surface area contributed by atoms with Gasteiger partial charge in [-0.15, -0.1) is 0 Å². The number of aromatic hydroxyl groups is 1. The minimum absolute atomic E-state index is 0.000857. The van der Waals surface area contributed by atoms with E-state index in [4.69, 9.17) is 42.1 Å². The Kier molecular flexibility index (Phi) is 8.37. The van der Waals surface area contributed by atoms with Crippen molar-refractivity contribution < 1.29 is 38.7 Å². The number of ketones is 1. The number of methoxy groups -OCH3 is 4. The molecule has 35 heavy (non-hydrogen) atoms. The van der Waals surface area contributed by atoms with Crippen molar-refractivity contribution in [1.82, 2.24) is 4.90 Å². The predicted octanol–water partition coefficient (Wildman–Crippen LogP) is 4.18. The van der Waals surface area contributed by atoms with Crippen molar-refractivity contribution in [2.24, 2.45) is 0 Å². The van der Waals surface area contributed by atoms with Gasteiger partial charge < -0.3 is 34.1 Å². The molecule has 1 heterocycles. The van der Waals surface area contributed by atoms with Crippen LogP contribution in [0, 0.1) is 0 Å². The second-order valence-corrected chi connectivity index (χ2v) is 8.34. The number of halogens is 2. The summed E-state index contributed by atoms with van der Waals surface area (Å²) in [5, 5.41) is 21.8. The van der Waals surface area contributed by atoms with E-state index in [9.17, 15) is 19.8 Å². The number of carbonyl (C=O) groups excluding carboxylic acids is 2. The highest BCUT2D eigenvalue weighted by Crippen LogP contribution is 2.47. The Labute approximate surface area is 212 Å². The van der Waals surface area contributed by atoms with Crippen LogP contribution in [0.1, 0.15) is 23.6 Å². The Morgan fingerprint density at radius 1 is 1.03 bits per heavy atom. The zero-order valence-electron chi connectivity index (χ0n) is 19.6. The number of phenols is 1. The maximum absolute atomic E-state index is 13.2. The maximum Gasteiger partial charge on any atom is 0.295 e. The lowest BCUT2D eigenvalue weighted by molar-refractivity contribution is -0.140. The molecule has 11 heteroatoms. The Bertz CT molecular complexity index is 1180. The Morgan fingerprint density at radius 3 is 2.29 bits per heavy atom. The molecule has 2 aromatic carbocycles. The number of Topliss-reactive ketones (excluding diaryl/α,β-unsaturated/α-hetero) is 1. The zero-order chi connectivity index (χ0) is 25.9. The van der Waals surface area contributed by atoms with E-state index in [1.165, 1.54) is 51.5 Å². The molecule has 1 aliphatic heterocycles. The monoisotopic (exact) mass is 525 g/mol. The van der Waals surface area contributed by atoms with E-state index in [2.05, 4.69) is 0 Å². The molecule has 0 spiro atoms. The van der Waals surface area contributed by atoms with Gasteiger partial charge in [-0.25, -0.2) is 0 Å². The van der Waals surface area contributed by atoms with Crippen molar-refractivity contribution in [2.45, 2.75) is 12.5 Å². The number of hydrogen-bond donors (Lipinski definition) is 2. The van der Waals surface area contributed by atoms with Gasteiger partial charge in [-0.2, -0.15) is 0 Å². The molecule has 1 aliphatic rings. The summed E-state index contributed by atoms with van der Waals surface area (Å²) in [7, 11) is 5.62. The number of likely N-dealkylation sites (tertiary alicyclic amines) is 1. The molecule has 0 aromatic heterocycles. The average molecular weight is 526 g/mol.